The second kappa shape index (κ2) is 10.4. The molecule has 0 atom stereocenters. The summed E-state index contributed by atoms with van der Waals surface area (Å²) in [6, 6.07) is 0.347. The molecule has 1 amide bonds. The van der Waals surface area contributed by atoms with Crippen LogP contribution in [-0.2, 0) is 24.2 Å². The van der Waals surface area contributed by atoms with Crippen LogP contribution in [0.25, 0.3) is 0 Å². The number of nitrogens with one attached hydrogen (secondary N) is 1. The van der Waals surface area contributed by atoms with Crippen LogP contribution in [0.1, 0.15) is 59.5 Å². The lowest BCUT2D eigenvalue weighted by molar-refractivity contribution is -0.121. The van der Waals surface area contributed by atoms with Crippen LogP contribution in [0.4, 0.5) is 5.13 Å². The maximum absolute atomic E-state index is 12.3. The molecule has 4 rings (SSSR count). The highest BCUT2D eigenvalue weighted by Gasteiger charge is 2.25. The fourth-order valence-electron chi connectivity index (χ4n) is 4.61. The summed E-state index contributed by atoms with van der Waals surface area (Å²) in [6.07, 6.45) is 9.38. The molecular weight excluding hydrogens is 426 g/mol. The van der Waals surface area contributed by atoms with Gasteiger partial charge in [0.05, 0.1) is 17.1 Å². The summed E-state index contributed by atoms with van der Waals surface area (Å²) in [6.45, 7) is 8.50. The Morgan fingerprint density at radius 1 is 1.29 bits per heavy atom. The molecule has 31 heavy (non-hydrogen) atoms. The van der Waals surface area contributed by atoms with E-state index < -0.39 is 0 Å². The SMILES string of the molecule is CCN(C)c1nc2c(s1)CCN(CCC1CCC(NC(=O)Cc3cnc(C)s3)CC1)C2. The Morgan fingerprint density at radius 2 is 2.10 bits per heavy atom. The number of carbonyl (C=O) groups excluding carboxylic acids is 1. The second-order valence-electron chi connectivity index (χ2n) is 9.00. The van der Waals surface area contributed by atoms with Gasteiger partial charge in [-0.3, -0.25) is 9.69 Å². The highest BCUT2D eigenvalue weighted by atomic mass is 32.1. The van der Waals surface area contributed by atoms with Crippen molar-refractivity contribution in [1.82, 2.24) is 20.2 Å². The Morgan fingerprint density at radius 3 is 2.81 bits per heavy atom. The zero-order valence-corrected chi connectivity index (χ0v) is 20.7. The number of aryl methyl sites for hydroxylation is 1. The molecule has 0 unspecified atom stereocenters. The smallest absolute Gasteiger partial charge is 0.225 e. The molecule has 8 heteroatoms. The van der Waals surface area contributed by atoms with Gasteiger partial charge in [-0.25, -0.2) is 9.97 Å². The Bertz CT molecular complexity index is 871. The summed E-state index contributed by atoms with van der Waals surface area (Å²) < 4.78 is 0. The minimum Gasteiger partial charge on any atom is -0.353 e. The van der Waals surface area contributed by atoms with E-state index in [-0.39, 0.29) is 5.91 Å². The predicted molar refractivity (Wildman–Crippen MR) is 129 cm³/mol. The molecule has 6 nitrogen and oxygen atoms in total. The number of fused-ring (bicyclic) bond motifs is 1. The number of rotatable bonds is 8. The molecule has 2 aromatic heterocycles. The van der Waals surface area contributed by atoms with Crippen LogP contribution in [0, 0.1) is 12.8 Å². The minimum absolute atomic E-state index is 0.146. The number of aromatic nitrogens is 2. The molecular formula is C23H35N5OS2. The third kappa shape index (κ3) is 6.05. The first-order valence-corrected chi connectivity index (χ1v) is 13.3. The maximum Gasteiger partial charge on any atom is 0.225 e. The third-order valence-electron chi connectivity index (χ3n) is 6.67. The molecule has 1 fully saturated rings. The van der Waals surface area contributed by atoms with Gasteiger partial charge in [-0.2, -0.15) is 0 Å². The Balaban J connectivity index is 1.16. The van der Waals surface area contributed by atoms with Crippen LogP contribution >= 0.6 is 22.7 Å². The maximum atomic E-state index is 12.3. The van der Waals surface area contributed by atoms with E-state index in [2.05, 4.69) is 34.1 Å². The van der Waals surface area contributed by atoms with Gasteiger partial charge in [-0.1, -0.05) is 0 Å². The monoisotopic (exact) mass is 461 g/mol. The van der Waals surface area contributed by atoms with E-state index >= 15 is 0 Å². The van der Waals surface area contributed by atoms with Gasteiger partial charge in [0.25, 0.3) is 0 Å². The average Bonchev–Trinajstić information content (AvgIpc) is 3.38. The van der Waals surface area contributed by atoms with Crippen molar-refractivity contribution in [3.05, 3.63) is 26.7 Å². The second-order valence-corrected chi connectivity index (χ2v) is 11.4. The van der Waals surface area contributed by atoms with Crippen molar-refractivity contribution in [3.8, 4) is 0 Å². The molecule has 1 aliphatic heterocycles. The van der Waals surface area contributed by atoms with Gasteiger partial charge < -0.3 is 10.2 Å². The van der Waals surface area contributed by atoms with E-state index in [1.54, 1.807) is 11.3 Å². The lowest BCUT2D eigenvalue weighted by atomic mass is 9.84. The first-order valence-electron chi connectivity index (χ1n) is 11.6. The number of anilines is 1. The van der Waals surface area contributed by atoms with Crippen LogP contribution in [0.15, 0.2) is 6.20 Å². The average molecular weight is 462 g/mol. The van der Waals surface area contributed by atoms with Gasteiger partial charge in [-0.15, -0.1) is 22.7 Å². The van der Waals surface area contributed by atoms with Gasteiger partial charge in [-0.05, 0) is 64.8 Å². The van der Waals surface area contributed by atoms with E-state index in [9.17, 15) is 4.79 Å². The third-order valence-corrected chi connectivity index (χ3v) is 8.85. The number of hydrogen-bond acceptors (Lipinski definition) is 7. The van der Waals surface area contributed by atoms with E-state index in [1.807, 2.05) is 24.5 Å². The van der Waals surface area contributed by atoms with Crippen molar-refractivity contribution in [2.75, 3.05) is 31.6 Å². The van der Waals surface area contributed by atoms with Crippen LogP contribution < -0.4 is 10.2 Å². The summed E-state index contributed by atoms with van der Waals surface area (Å²) in [5.41, 5.74) is 1.30. The van der Waals surface area contributed by atoms with E-state index in [4.69, 9.17) is 4.98 Å². The Labute approximate surface area is 194 Å². The summed E-state index contributed by atoms with van der Waals surface area (Å²) in [5.74, 6) is 0.934. The molecule has 2 aliphatic rings. The van der Waals surface area contributed by atoms with Gasteiger partial charge in [0.15, 0.2) is 5.13 Å². The Hall–Kier alpha value is -1.51. The topological polar surface area (TPSA) is 61.4 Å². The number of thiazole rings is 2. The van der Waals surface area contributed by atoms with E-state index in [0.717, 1.165) is 54.7 Å². The van der Waals surface area contributed by atoms with Crippen LogP contribution in [-0.4, -0.2) is 53.5 Å². The molecule has 1 saturated carbocycles. The summed E-state index contributed by atoms with van der Waals surface area (Å²) in [5, 5.41) is 5.44. The standard InChI is InChI=1S/C23H35N5OS2/c1-4-27(3)23-26-20-15-28(12-10-21(20)31-23)11-9-17-5-7-18(8-6-17)25-22(29)13-19-14-24-16(2)30-19/h14,17-18H,4-13,15H2,1-3H3,(H,25,29). The van der Waals surface area contributed by atoms with E-state index in [1.165, 1.54) is 41.5 Å². The predicted octanol–water partition coefficient (Wildman–Crippen LogP) is 4.03. The van der Waals surface area contributed by atoms with Gasteiger partial charge in [0.2, 0.25) is 5.91 Å². The molecule has 0 aromatic carbocycles. The Kier molecular flexibility index (Phi) is 7.61. The highest BCUT2D eigenvalue weighted by molar-refractivity contribution is 7.15. The lowest BCUT2D eigenvalue weighted by Gasteiger charge is -2.32. The summed E-state index contributed by atoms with van der Waals surface area (Å²) in [7, 11) is 2.13. The number of hydrogen-bond donors (Lipinski definition) is 1. The molecule has 3 heterocycles. The van der Waals surface area contributed by atoms with Crippen molar-refractivity contribution in [1.29, 1.82) is 0 Å². The zero-order chi connectivity index (χ0) is 21.8. The summed E-state index contributed by atoms with van der Waals surface area (Å²) >= 11 is 3.49. The molecule has 0 radical (unpaired) electrons. The van der Waals surface area contributed by atoms with Gasteiger partial charge in [0, 0.05) is 48.7 Å². The quantitative estimate of drug-likeness (QED) is 0.643. The number of carbonyl (C=O) groups is 1. The van der Waals surface area contributed by atoms with Crippen LogP contribution in [0.2, 0.25) is 0 Å². The van der Waals surface area contributed by atoms with Crippen molar-refractivity contribution < 1.29 is 4.79 Å². The molecule has 170 valence electrons. The zero-order valence-electron chi connectivity index (χ0n) is 19.0. The molecule has 1 aliphatic carbocycles. The minimum atomic E-state index is 0.146. The fraction of sp³-hybridized carbons (Fsp3) is 0.696. The first kappa shape index (κ1) is 22.7. The van der Waals surface area contributed by atoms with Crippen molar-refractivity contribution >= 4 is 33.7 Å². The summed E-state index contributed by atoms with van der Waals surface area (Å²) in [4.78, 5) is 28.8. The fourth-order valence-corrected chi connectivity index (χ4v) is 6.49. The van der Waals surface area contributed by atoms with Crippen molar-refractivity contribution in [3.63, 3.8) is 0 Å². The highest BCUT2D eigenvalue weighted by Crippen LogP contribution is 2.31. The van der Waals surface area contributed by atoms with Gasteiger partial charge in [0.1, 0.15) is 0 Å². The van der Waals surface area contributed by atoms with Crippen LogP contribution in [0.5, 0.6) is 0 Å². The van der Waals surface area contributed by atoms with Crippen molar-refractivity contribution in [2.24, 2.45) is 5.92 Å². The first-order chi connectivity index (χ1) is 15.0. The molecule has 0 bridgehead atoms. The molecule has 1 N–H and O–H groups in total. The molecule has 0 saturated heterocycles. The molecule has 0 spiro atoms. The number of nitrogens with zero attached hydrogens (tertiary/aromatic N) is 4. The lowest BCUT2D eigenvalue weighted by Crippen LogP contribution is -2.39. The normalized spacial score (nSPS) is 21.6. The largest absolute Gasteiger partial charge is 0.353 e. The van der Waals surface area contributed by atoms with Crippen molar-refractivity contribution in [2.45, 2.75) is 71.4 Å². The molecule has 2 aromatic rings. The number of amides is 1. The van der Waals surface area contributed by atoms with E-state index in [0.29, 0.717) is 12.5 Å². The van der Waals surface area contributed by atoms with Gasteiger partial charge >= 0.3 is 0 Å². The van der Waals surface area contributed by atoms with Crippen LogP contribution in [0.3, 0.4) is 0 Å².